The lowest BCUT2D eigenvalue weighted by Crippen LogP contribution is -2.28. The van der Waals surface area contributed by atoms with Crippen molar-refractivity contribution < 1.29 is 14.6 Å². The summed E-state index contributed by atoms with van der Waals surface area (Å²) in [4.78, 5) is 13.5. The molecule has 0 radical (unpaired) electrons. The van der Waals surface area contributed by atoms with Crippen LogP contribution in [0.3, 0.4) is 0 Å². The predicted molar refractivity (Wildman–Crippen MR) is 83.1 cm³/mol. The van der Waals surface area contributed by atoms with Crippen LogP contribution in [0.1, 0.15) is 11.5 Å². The zero-order valence-corrected chi connectivity index (χ0v) is 12.2. The summed E-state index contributed by atoms with van der Waals surface area (Å²) in [5.41, 5.74) is 1.77. The standard InChI is InChI=1S/C17H19NO3/c1-18(14-8-10-15(21-2)11-9-14)12-16(17(19)20)13-6-4-3-5-7-13/h3-11,16H,12H2,1-2H3,(H,19,20). The number of carboxylic acid groups (broad SMARTS) is 1. The third-order valence-electron chi connectivity index (χ3n) is 3.47. The van der Waals surface area contributed by atoms with Gasteiger partial charge >= 0.3 is 5.97 Å². The number of ether oxygens (including phenoxy) is 1. The lowest BCUT2D eigenvalue weighted by Gasteiger charge is -2.24. The van der Waals surface area contributed by atoms with Gasteiger partial charge < -0.3 is 14.7 Å². The molecule has 21 heavy (non-hydrogen) atoms. The fourth-order valence-electron chi connectivity index (χ4n) is 2.23. The minimum absolute atomic E-state index is 0.408. The molecule has 0 amide bonds. The summed E-state index contributed by atoms with van der Waals surface area (Å²) in [6.07, 6.45) is 0. The van der Waals surface area contributed by atoms with Crippen molar-refractivity contribution in [3.8, 4) is 5.75 Å². The molecule has 0 aromatic heterocycles. The summed E-state index contributed by atoms with van der Waals surface area (Å²) in [5, 5.41) is 9.46. The fourth-order valence-corrected chi connectivity index (χ4v) is 2.23. The monoisotopic (exact) mass is 285 g/mol. The topological polar surface area (TPSA) is 49.8 Å². The maximum absolute atomic E-state index is 11.5. The number of hydrogen-bond acceptors (Lipinski definition) is 3. The third-order valence-corrected chi connectivity index (χ3v) is 3.47. The summed E-state index contributed by atoms with van der Waals surface area (Å²) < 4.78 is 5.12. The van der Waals surface area contributed by atoms with Crippen molar-refractivity contribution >= 4 is 11.7 Å². The van der Waals surface area contributed by atoms with Gasteiger partial charge in [-0.3, -0.25) is 4.79 Å². The van der Waals surface area contributed by atoms with Gasteiger partial charge in [0.15, 0.2) is 0 Å². The van der Waals surface area contributed by atoms with Crippen molar-refractivity contribution in [1.82, 2.24) is 0 Å². The maximum atomic E-state index is 11.5. The van der Waals surface area contributed by atoms with Crippen molar-refractivity contribution in [2.24, 2.45) is 0 Å². The highest BCUT2D eigenvalue weighted by Gasteiger charge is 2.21. The van der Waals surface area contributed by atoms with E-state index in [1.165, 1.54) is 0 Å². The molecule has 2 aromatic carbocycles. The zero-order chi connectivity index (χ0) is 15.2. The second kappa shape index (κ2) is 6.79. The van der Waals surface area contributed by atoms with Gasteiger partial charge in [-0.25, -0.2) is 0 Å². The van der Waals surface area contributed by atoms with E-state index in [4.69, 9.17) is 4.74 Å². The minimum Gasteiger partial charge on any atom is -0.497 e. The molecule has 1 N–H and O–H groups in total. The predicted octanol–water partition coefficient (Wildman–Crippen LogP) is 3.00. The SMILES string of the molecule is COc1ccc(N(C)CC(C(=O)O)c2ccccc2)cc1. The van der Waals surface area contributed by atoms with Crippen molar-refractivity contribution in [2.75, 3.05) is 25.6 Å². The average Bonchev–Trinajstić information content (AvgIpc) is 2.53. The molecule has 0 aliphatic heterocycles. The summed E-state index contributed by atoms with van der Waals surface area (Å²) in [6.45, 7) is 0.408. The molecule has 4 nitrogen and oxygen atoms in total. The Labute approximate surface area is 124 Å². The van der Waals surface area contributed by atoms with Crippen LogP contribution in [0.4, 0.5) is 5.69 Å². The Kier molecular flexibility index (Phi) is 4.82. The number of anilines is 1. The van der Waals surface area contributed by atoms with Gasteiger partial charge in [0, 0.05) is 19.3 Å². The molecule has 2 rings (SSSR count). The Hall–Kier alpha value is -2.49. The molecule has 110 valence electrons. The normalized spacial score (nSPS) is 11.7. The number of nitrogens with zero attached hydrogens (tertiary/aromatic N) is 1. The molecule has 0 bridgehead atoms. The van der Waals surface area contributed by atoms with Crippen LogP contribution in [0, 0.1) is 0 Å². The largest absolute Gasteiger partial charge is 0.497 e. The zero-order valence-electron chi connectivity index (χ0n) is 12.2. The molecule has 1 atom stereocenters. The van der Waals surface area contributed by atoms with E-state index in [0.717, 1.165) is 17.0 Å². The van der Waals surface area contributed by atoms with E-state index in [2.05, 4.69) is 0 Å². The molecule has 0 heterocycles. The van der Waals surface area contributed by atoms with Gasteiger partial charge in [0.05, 0.1) is 13.0 Å². The Morgan fingerprint density at radius 2 is 1.76 bits per heavy atom. The second-order valence-electron chi connectivity index (χ2n) is 4.88. The number of carbonyl (C=O) groups is 1. The lowest BCUT2D eigenvalue weighted by molar-refractivity contribution is -0.138. The molecule has 4 heteroatoms. The van der Waals surface area contributed by atoms with Gasteiger partial charge in [-0.2, -0.15) is 0 Å². The van der Waals surface area contributed by atoms with Crippen LogP contribution < -0.4 is 9.64 Å². The number of aliphatic carboxylic acids is 1. The van der Waals surface area contributed by atoms with Gasteiger partial charge in [-0.15, -0.1) is 0 Å². The third kappa shape index (κ3) is 3.75. The number of carboxylic acids is 1. The highest BCUT2D eigenvalue weighted by atomic mass is 16.5. The van der Waals surface area contributed by atoms with Crippen molar-refractivity contribution in [3.63, 3.8) is 0 Å². The van der Waals surface area contributed by atoms with Gasteiger partial charge in [0.2, 0.25) is 0 Å². The molecule has 0 saturated carbocycles. The van der Waals surface area contributed by atoms with Crippen LogP contribution in [0.25, 0.3) is 0 Å². The number of rotatable bonds is 6. The summed E-state index contributed by atoms with van der Waals surface area (Å²) in [7, 11) is 3.51. The molecule has 0 fully saturated rings. The average molecular weight is 285 g/mol. The second-order valence-corrected chi connectivity index (χ2v) is 4.88. The minimum atomic E-state index is -0.818. The van der Waals surface area contributed by atoms with Gasteiger partial charge in [-0.05, 0) is 29.8 Å². The van der Waals surface area contributed by atoms with Crippen molar-refractivity contribution in [2.45, 2.75) is 5.92 Å². The molecular formula is C17H19NO3. The highest BCUT2D eigenvalue weighted by Crippen LogP contribution is 2.22. The van der Waals surface area contributed by atoms with E-state index >= 15 is 0 Å². The number of hydrogen-bond donors (Lipinski definition) is 1. The van der Waals surface area contributed by atoms with Crippen LogP contribution >= 0.6 is 0 Å². The van der Waals surface area contributed by atoms with E-state index in [1.807, 2.05) is 66.5 Å². The Morgan fingerprint density at radius 3 is 2.29 bits per heavy atom. The van der Waals surface area contributed by atoms with Gasteiger partial charge in [0.25, 0.3) is 0 Å². The summed E-state index contributed by atoms with van der Waals surface area (Å²) >= 11 is 0. The first-order valence-electron chi connectivity index (χ1n) is 6.74. The van der Waals surface area contributed by atoms with Crippen molar-refractivity contribution in [3.05, 3.63) is 60.2 Å². The van der Waals surface area contributed by atoms with Crippen LogP contribution in [-0.2, 0) is 4.79 Å². The first-order chi connectivity index (χ1) is 10.1. The fraction of sp³-hybridized carbons (Fsp3) is 0.235. The number of likely N-dealkylation sites (N-methyl/N-ethyl adjacent to an activating group) is 1. The maximum Gasteiger partial charge on any atom is 0.312 e. The Morgan fingerprint density at radius 1 is 1.14 bits per heavy atom. The molecule has 0 aliphatic rings. The van der Waals surface area contributed by atoms with Gasteiger partial charge in [-0.1, -0.05) is 30.3 Å². The van der Waals surface area contributed by atoms with E-state index in [0.29, 0.717) is 6.54 Å². The lowest BCUT2D eigenvalue weighted by atomic mass is 9.98. The summed E-state index contributed by atoms with van der Waals surface area (Å²) in [6, 6.07) is 16.9. The Balaban J connectivity index is 2.14. The van der Waals surface area contributed by atoms with Crippen LogP contribution in [0.15, 0.2) is 54.6 Å². The molecule has 1 unspecified atom stereocenters. The molecule has 0 spiro atoms. The van der Waals surface area contributed by atoms with Crippen molar-refractivity contribution in [1.29, 1.82) is 0 Å². The van der Waals surface area contributed by atoms with Crippen LogP contribution in [0.5, 0.6) is 5.75 Å². The quantitative estimate of drug-likeness (QED) is 0.886. The number of benzene rings is 2. The highest BCUT2D eigenvalue weighted by molar-refractivity contribution is 5.77. The van der Waals surface area contributed by atoms with Crippen LogP contribution in [-0.4, -0.2) is 31.8 Å². The van der Waals surface area contributed by atoms with E-state index in [9.17, 15) is 9.90 Å². The van der Waals surface area contributed by atoms with E-state index in [-0.39, 0.29) is 0 Å². The van der Waals surface area contributed by atoms with Crippen LogP contribution in [0.2, 0.25) is 0 Å². The first-order valence-corrected chi connectivity index (χ1v) is 6.74. The molecule has 0 saturated heterocycles. The van der Waals surface area contributed by atoms with E-state index in [1.54, 1.807) is 7.11 Å². The Bertz CT molecular complexity index is 581. The number of methoxy groups -OCH3 is 1. The molecule has 2 aromatic rings. The summed E-state index contributed by atoms with van der Waals surface area (Å²) in [5.74, 6) is -0.593. The molecule has 0 aliphatic carbocycles. The first kappa shape index (κ1) is 14.9. The van der Waals surface area contributed by atoms with Gasteiger partial charge in [0.1, 0.15) is 5.75 Å². The smallest absolute Gasteiger partial charge is 0.312 e. The molecular weight excluding hydrogens is 266 g/mol. The van der Waals surface area contributed by atoms with E-state index < -0.39 is 11.9 Å².